The summed E-state index contributed by atoms with van der Waals surface area (Å²) in [5.74, 6) is -0.402. The smallest absolute Gasteiger partial charge is 0.227 e. The Balaban J connectivity index is 2.35. The van der Waals surface area contributed by atoms with Gasteiger partial charge < -0.3 is 4.90 Å². The number of carbonyl (C=O) groups is 2. The molecule has 0 radical (unpaired) electrons. The Morgan fingerprint density at radius 3 is 2.74 bits per heavy atom. The van der Waals surface area contributed by atoms with Crippen LogP contribution < -0.4 is 4.90 Å². The third-order valence-electron chi connectivity index (χ3n) is 3.45. The van der Waals surface area contributed by atoms with E-state index in [2.05, 4.69) is 29.5 Å². The summed E-state index contributed by atoms with van der Waals surface area (Å²) < 4.78 is 1.24. The minimum absolute atomic E-state index is 0.0262. The fourth-order valence-electron chi connectivity index (χ4n) is 2.34. The first-order valence-corrected chi connectivity index (χ1v) is 7.68. The Hall–Kier alpha value is -0.620. The fourth-order valence-corrected chi connectivity index (χ4v) is 3.18. The SMILES string of the molecule is CCc1cc(N2C[C@@H](C(=O)Cl)CC2=O)cc(C)c1I. The van der Waals surface area contributed by atoms with Crippen molar-refractivity contribution in [2.45, 2.75) is 26.7 Å². The Kier molecular flexibility index (Phi) is 4.50. The molecule has 1 atom stereocenters. The van der Waals surface area contributed by atoms with Crippen LogP contribution in [0.4, 0.5) is 5.69 Å². The second-order valence-corrected chi connectivity index (χ2v) is 6.25. The molecule has 0 aromatic heterocycles. The maximum absolute atomic E-state index is 12.0. The maximum Gasteiger partial charge on any atom is 0.227 e. The van der Waals surface area contributed by atoms with Gasteiger partial charge in [-0.05, 0) is 70.8 Å². The van der Waals surface area contributed by atoms with Crippen LogP contribution in [0.15, 0.2) is 12.1 Å². The van der Waals surface area contributed by atoms with Crippen molar-refractivity contribution >= 4 is 51.0 Å². The zero-order valence-corrected chi connectivity index (χ0v) is 13.8. The monoisotopic (exact) mass is 391 g/mol. The zero-order valence-electron chi connectivity index (χ0n) is 10.9. The second-order valence-electron chi connectivity index (χ2n) is 4.80. The van der Waals surface area contributed by atoms with Crippen molar-refractivity contribution in [3.05, 3.63) is 26.8 Å². The number of halogens is 2. The van der Waals surface area contributed by atoms with Gasteiger partial charge in [-0.2, -0.15) is 0 Å². The first-order chi connectivity index (χ1) is 8.93. The highest BCUT2D eigenvalue weighted by Gasteiger charge is 2.34. The van der Waals surface area contributed by atoms with Gasteiger partial charge in [-0.15, -0.1) is 0 Å². The van der Waals surface area contributed by atoms with Crippen molar-refractivity contribution in [2.75, 3.05) is 11.4 Å². The molecule has 0 aliphatic carbocycles. The Labute approximate surface area is 131 Å². The van der Waals surface area contributed by atoms with Gasteiger partial charge in [-0.3, -0.25) is 9.59 Å². The first kappa shape index (κ1) is 14.8. The molecule has 0 saturated carbocycles. The van der Waals surface area contributed by atoms with E-state index in [0.717, 1.165) is 17.7 Å². The molecule has 1 amide bonds. The third kappa shape index (κ3) is 2.94. The number of carbonyl (C=O) groups excluding carboxylic acids is 2. The quantitative estimate of drug-likeness (QED) is 0.586. The summed E-state index contributed by atoms with van der Waals surface area (Å²) in [4.78, 5) is 24.9. The number of aryl methyl sites for hydroxylation is 2. The number of rotatable bonds is 3. The van der Waals surface area contributed by atoms with Gasteiger partial charge in [-0.1, -0.05) is 6.92 Å². The Bertz CT molecular complexity index is 544. The summed E-state index contributed by atoms with van der Waals surface area (Å²) >= 11 is 7.82. The predicted octanol–water partition coefficient (Wildman–Crippen LogP) is 3.28. The van der Waals surface area contributed by atoms with E-state index >= 15 is 0 Å². The van der Waals surface area contributed by atoms with E-state index in [4.69, 9.17) is 11.6 Å². The van der Waals surface area contributed by atoms with E-state index in [0.29, 0.717) is 6.54 Å². The van der Waals surface area contributed by atoms with Gasteiger partial charge in [0.15, 0.2) is 0 Å². The molecule has 1 aliphatic rings. The molecule has 1 aromatic rings. The average molecular weight is 392 g/mol. The lowest BCUT2D eigenvalue weighted by Gasteiger charge is -2.19. The average Bonchev–Trinajstić information content (AvgIpc) is 2.75. The highest BCUT2D eigenvalue weighted by molar-refractivity contribution is 14.1. The molecular weight excluding hydrogens is 377 g/mol. The lowest BCUT2D eigenvalue weighted by atomic mass is 10.1. The molecule has 2 rings (SSSR count). The highest BCUT2D eigenvalue weighted by Crippen LogP contribution is 2.30. The summed E-state index contributed by atoms with van der Waals surface area (Å²) in [7, 11) is 0. The van der Waals surface area contributed by atoms with E-state index in [9.17, 15) is 9.59 Å². The van der Waals surface area contributed by atoms with Crippen molar-refractivity contribution in [1.29, 1.82) is 0 Å². The standard InChI is InChI=1S/C14H15ClINO2/c1-3-9-5-11(4-8(2)13(9)16)17-7-10(14(15)19)6-12(17)18/h4-5,10H,3,6-7H2,1-2H3/t10-/m0/s1. The molecule has 0 spiro atoms. The molecule has 1 aliphatic heterocycles. The lowest BCUT2D eigenvalue weighted by molar-refractivity contribution is -0.120. The van der Waals surface area contributed by atoms with Crippen LogP contribution in [0.1, 0.15) is 24.5 Å². The molecule has 19 heavy (non-hydrogen) atoms. The molecule has 5 heteroatoms. The fraction of sp³-hybridized carbons (Fsp3) is 0.429. The maximum atomic E-state index is 12.0. The molecule has 1 saturated heterocycles. The van der Waals surface area contributed by atoms with E-state index in [1.165, 1.54) is 9.13 Å². The van der Waals surface area contributed by atoms with Gasteiger partial charge in [-0.25, -0.2) is 0 Å². The summed E-state index contributed by atoms with van der Waals surface area (Å²) in [5, 5.41) is -0.422. The Morgan fingerprint density at radius 2 is 2.21 bits per heavy atom. The highest BCUT2D eigenvalue weighted by atomic mass is 127. The number of nitrogens with zero attached hydrogens (tertiary/aromatic N) is 1. The van der Waals surface area contributed by atoms with E-state index < -0.39 is 5.24 Å². The van der Waals surface area contributed by atoms with Crippen molar-refractivity contribution in [1.82, 2.24) is 0 Å². The van der Waals surface area contributed by atoms with Crippen molar-refractivity contribution < 1.29 is 9.59 Å². The number of hydrogen-bond acceptors (Lipinski definition) is 2. The molecular formula is C14H15ClINO2. The summed E-state index contributed by atoms with van der Waals surface area (Å²) in [6.45, 7) is 4.52. The molecule has 1 fully saturated rings. The minimum atomic E-state index is -0.422. The Morgan fingerprint density at radius 1 is 1.53 bits per heavy atom. The number of anilines is 1. The lowest BCUT2D eigenvalue weighted by Crippen LogP contribution is -2.25. The topological polar surface area (TPSA) is 37.4 Å². The van der Waals surface area contributed by atoms with Crippen LogP contribution in [0.3, 0.4) is 0 Å². The van der Waals surface area contributed by atoms with Crippen LogP contribution in [0.2, 0.25) is 0 Å². The predicted molar refractivity (Wildman–Crippen MR) is 84.6 cm³/mol. The minimum Gasteiger partial charge on any atom is -0.312 e. The summed E-state index contributed by atoms with van der Waals surface area (Å²) in [6, 6.07) is 4.04. The number of benzene rings is 1. The zero-order chi connectivity index (χ0) is 14.2. The number of hydrogen-bond donors (Lipinski definition) is 0. The van der Waals surface area contributed by atoms with Crippen LogP contribution in [-0.2, 0) is 16.0 Å². The van der Waals surface area contributed by atoms with Gasteiger partial charge in [0, 0.05) is 22.2 Å². The summed E-state index contributed by atoms with van der Waals surface area (Å²) in [5.41, 5.74) is 3.26. The van der Waals surface area contributed by atoms with Crippen LogP contribution in [0.25, 0.3) is 0 Å². The van der Waals surface area contributed by atoms with Crippen molar-refractivity contribution in [3.8, 4) is 0 Å². The second kappa shape index (κ2) is 5.79. The van der Waals surface area contributed by atoms with E-state index in [1.807, 2.05) is 19.1 Å². The van der Waals surface area contributed by atoms with E-state index in [1.54, 1.807) is 4.90 Å². The molecule has 1 heterocycles. The van der Waals surface area contributed by atoms with Gasteiger partial charge in [0.1, 0.15) is 0 Å². The van der Waals surface area contributed by atoms with Crippen LogP contribution in [0, 0.1) is 16.4 Å². The van der Waals surface area contributed by atoms with Gasteiger partial charge >= 0.3 is 0 Å². The molecule has 0 unspecified atom stereocenters. The third-order valence-corrected chi connectivity index (χ3v) is 5.31. The molecule has 1 aromatic carbocycles. The molecule has 0 N–H and O–H groups in total. The first-order valence-electron chi connectivity index (χ1n) is 6.22. The van der Waals surface area contributed by atoms with Crippen LogP contribution in [0.5, 0.6) is 0 Å². The normalized spacial score (nSPS) is 19.1. The summed E-state index contributed by atoms with van der Waals surface area (Å²) in [6.07, 6.45) is 1.14. The van der Waals surface area contributed by atoms with Crippen LogP contribution in [-0.4, -0.2) is 17.7 Å². The number of amides is 1. The van der Waals surface area contributed by atoms with Crippen molar-refractivity contribution in [2.24, 2.45) is 5.92 Å². The van der Waals surface area contributed by atoms with Gasteiger partial charge in [0.2, 0.25) is 11.1 Å². The largest absolute Gasteiger partial charge is 0.312 e. The van der Waals surface area contributed by atoms with Gasteiger partial charge in [0.05, 0.1) is 5.92 Å². The molecule has 3 nitrogen and oxygen atoms in total. The van der Waals surface area contributed by atoms with Gasteiger partial charge in [0.25, 0.3) is 0 Å². The van der Waals surface area contributed by atoms with Crippen LogP contribution >= 0.6 is 34.2 Å². The van der Waals surface area contributed by atoms with Crippen molar-refractivity contribution in [3.63, 3.8) is 0 Å². The molecule has 0 bridgehead atoms. The van der Waals surface area contributed by atoms with E-state index in [-0.39, 0.29) is 18.2 Å². The molecule has 102 valence electrons.